The maximum atomic E-state index is 11.5. The van der Waals surface area contributed by atoms with Gasteiger partial charge in [-0.3, -0.25) is 15.7 Å². The van der Waals surface area contributed by atoms with Crippen LogP contribution in [0.1, 0.15) is 62.3 Å². The lowest BCUT2D eigenvalue weighted by molar-refractivity contribution is -0.310. The lowest BCUT2D eigenvalue weighted by Crippen LogP contribution is -2.85. The average Bonchev–Trinajstić information content (AvgIpc) is 3.24. The SMILES string of the molecule is C[SiH](C)O[C@@]1(N2C=NC3(C(C)(C)C)C(N)=NC(NN)(C(C)(C)C)N(C(C)(C)C)C23)O[C@H](CO)[C@@H](O)[C@H]1O. The number of aliphatic hydroxyl groups excluding tert-OH is 3. The van der Waals surface area contributed by atoms with Crippen LogP contribution in [0.25, 0.3) is 0 Å². The zero-order valence-electron chi connectivity index (χ0n) is 24.3. The molecule has 37 heavy (non-hydrogen) atoms. The molecule has 3 aliphatic rings. The first-order chi connectivity index (χ1) is 16.7. The first-order valence-electron chi connectivity index (χ1n) is 13.0. The first kappa shape index (κ1) is 30.4. The highest BCUT2D eigenvalue weighted by Crippen LogP contribution is 2.55. The van der Waals surface area contributed by atoms with Gasteiger partial charge < -0.3 is 30.2 Å². The van der Waals surface area contributed by atoms with Gasteiger partial charge in [-0.15, -0.1) is 0 Å². The first-order valence-corrected chi connectivity index (χ1v) is 15.8. The molecule has 0 radical (unpaired) electrons. The van der Waals surface area contributed by atoms with Gasteiger partial charge in [-0.05, 0) is 39.3 Å². The molecule has 214 valence electrons. The van der Waals surface area contributed by atoms with Gasteiger partial charge in [-0.1, -0.05) is 41.5 Å². The number of ether oxygens (including phenoxy) is 1. The second kappa shape index (κ2) is 9.20. The second-order valence-electron chi connectivity index (χ2n) is 13.7. The van der Waals surface area contributed by atoms with Crippen LogP contribution in [0.4, 0.5) is 0 Å². The number of aliphatic imine (C=N–C) groups is 2. The van der Waals surface area contributed by atoms with Crippen molar-refractivity contribution in [2.45, 2.75) is 123 Å². The van der Waals surface area contributed by atoms with E-state index in [-0.39, 0.29) is 5.84 Å². The normalized spacial score (nSPS) is 39.5. The third kappa shape index (κ3) is 4.18. The molecule has 0 aromatic heterocycles. The summed E-state index contributed by atoms with van der Waals surface area (Å²) in [6, 6.07) is 0. The zero-order valence-corrected chi connectivity index (χ0v) is 25.4. The minimum Gasteiger partial charge on any atom is -0.394 e. The van der Waals surface area contributed by atoms with E-state index in [1.807, 2.05) is 75.4 Å². The van der Waals surface area contributed by atoms with Crippen LogP contribution in [0.5, 0.6) is 0 Å². The Balaban J connectivity index is 2.43. The van der Waals surface area contributed by atoms with Crippen molar-refractivity contribution in [1.82, 2.24) is 15.2 Å². The monoisotopic (exact) mass is 543 g/mol. The van der Waals surface area contributed by atoms with E-state index in [1.165, 1.54) is 0 Å². The van der Waals surface area contributed by atoms with E-state index in [2.05, 4.69) is 10.3 Å². The van der Waals surface area contributed by atoms with Gasteiger partial charge in [0.2, 0.25) is 0 Å². The van der Waals surface area contributed by atoms with Gasteiger partial charge in [-0.25, -0.2) is 15.3 Å². The van der Waals surface area contributed by atoms with Crippen molar-refractivity contribution in [2.75, 3.05) is 6.61 Å². The number of nitrogens with one attached hydrogen (secondary N) is 1. The molecular formula is C24H49N7O5Si. The Morgan fingerprint density at radius 2 is 1.68 bits per heavy atom. The third-order valence-corrected chi connectivity index (χ3v) is 8.55. The lowest BCUT2D eigenvalue weighted by atomic mass is 9.67. The van der Waals surface area contributed by atoms with E-state index >= 15 is 0 Å². The number of hydrazine groups is 1. The molecule has 8 N–H and O–H groups in total. The quantitative estimate of drug-likeness (QED) is 0.155. The lowest BCUT2D eigenvalue weighted by Gasteiger charge is -2.65. The molecule has 12 nitrogen and oxygen atoms in total. The van der Waals surface area contributed by atoms with E-state index in [0.717, 1.165) is 0 Å². The molecule has 3 rings (SSSR count). The number of amidine groups is 1. The predicted octanol–water partition coefficient (Wildman–Crippen LogP) is -0.157. The Morgan fingerprint density at radius 3 is 2.05 bits per heavy atom. The minimum absolute atomic E-state index is 0.279. The standard InChI is InChI=1S/C24H49N7O5Si/c1-19(2,3)22-17(25)28-24(29-26,20(4,5)6)31(21(7,8)9)18(22)30(13-27-22)23(36-37(10)11)16(34)15(33)14(12-32)35-23/h13-16,18,29,32-34,37H,12,26H2,1-11H3,(H2,25,28)/t14-,15-,16-,18?,22?,23+,24?/m1/s1. The van der Waals surface area contributed by atoms with Crippen molar-refractivity contribution in [2.24, 2.45) is 32.4 Å². The number of nitrogens with two attached hydrogens (primary N) is 2. The summed E-state index contributed by atoms with van der Waals surface area (Å²) in [5, 5.41) is 32.3. The molecule has 0 bridgehead atoms. The van der Waals surface area contributed by atoms with Crippen LogP contribution >= 0.6 is 0 Å². The maximum Gasteiger partial charge on any atom is 0.274 e. The topological polar surface area (TPSA) is 174 Å². The van der Waals surface area contributed by atoms with Crippen LogP contribution in [-0.2, 0) is 9.16 Å². The highest BCUT2D eigenvalue weighted by Gasteiger charge is 2.73. The predicted molar refractivity (Wildman–Crippen MR) is 146 cm³/mol. The van der Waals surface area contributed by atoms with Crippen molar-refractivity contribution in [3.8, 4) is 0 Å². The van der Waals surface area contributed by atoms with Gasteiger partial charge in [-0.2, -0.15) is 0 Å². The Kier molecular flexibility index (Phi) is 7.56. The van der Waals surface area contributed by atoms with E-state index in [0.29, 0.717) is 0 Å². The van der Waals surface area contributed by atoms with E-state index < -0.39 is 73.7 Å². The molecule has 1 saturated heterocycles. The number of aliphatic hydroxyl groups is 3. The molecule has 0 aromatic carbocycles. The summed E-state index contributed by atoms with van der Waals surface area (Å²) in [5.74, 6) is 3.58. The van der Waals surface area contributed by atoms with Crippen LogP contribution < -0.4 is 17.0 Å². The zero-order chi connectivity index (χ0) is 28.6. The van der Waals surface area contributed by atoms with Gasteiger partial charge in [0, 0.05) is 11.0 Å². The molecule has 0 saturated carbocycles. The van der Waals surface area contributed by atoms with Crippen molar-refractivity contribution in [3.63, 3.8) is 0 Å². The van der Waals surface area contributed by atoms with E-state index in [4.69, 9.17) is 30.7 Å². The number of hydrogen-bond acceptors (Lipinski definition) is 12. The largest absolute Gasteiger partial charge is 0.394 e. The highest BCUT2D eigenvalue weighted by atomic mass is 28.3. The number of fused-ring (bicyclic) bond motifs is 1. The molecule has 13 heteroatoms. The summed E-state index contributed by atoms with van der Waals surface area (Å²) in [6.07, 6.45) is -3.07. The van der Waals surface area contributed by atoms with Crippen molar-refractivity contribution >= 4 is 21.2 Å². The fraction of sp³-hybridized carbons (Fsp3) is 0.917. The molecule has 0 amide bonds. The number of hydrogen-bond donors (Lipinski definition) is 6. The average molecular weight is 544 g/mol. The smallest absolute Gasteiger partial charge is 0.274 e. The molecule has 3 unspecified atom stereocenters. The summed E-state index contributed by atoms with van der Waals surface area (Å²) in [5.41, 5.74) is 7.05. The summed E-state index contributed by atoms with van der Waals surface area (Å²) < 4.78 is 12.7. The minimum atomic E-state index is -1.92. The van der Waals surface area contributed by atoms with Gasteiger partial charge in [0.15, 0.2) is 26.5 Å². The van der Waals surface area contributed by atoms with E-state index in [1.54, 1.807) is 11.2 Å². The summed E-state index contributed by atoms with van der Waals surface area (Å²) >= 11 is 0. The second-order valence-corrected chi connectivity index (χ2v) is 16.1. The van der Waals surface area contributed by atoms with Crippen molar-refractivity contribution < 1.29 is 24.5 Å². The molecule has 3 aliphatic heterocycles. The molecular weight excluding hydrogens is 494 g/mol. The molecule has 0 aliphatic carbocycles. The fourth-order valence-electron chi connectivity index (χ4n) is 6.03. The van der Waals surface area contributed by atoms with Crippen molar-refractivity contribution in [1.29, 1.82) is 0 Å². The molecule has 0 spiro atoms. The van der Waals surface area contributed by atoms with Gasteiger partial charge in [0.25, 0.3) is 5.91 Å². The van der Waals surface area contributed by atoms with Gasteiger partial charge in [0.1, 0.15) is 24.2 Å². The summed E-state index contributed by atoms with van der Waals surface area (Å²) in [6.45, 7) is 21.7. The number of nitrogens with zero attached hydrogens (tertiary/aromatic N) is 4. The van der Waals surface area contributed by atoms with Crippen molar-refractivity contribution in [3.05, 3.63) is 0 Å². The highest BCUT2D eigenvalue weighted by molar-refractivity contribution is 6.48. The fourth-order valence-corrected chi connectivity index (χ4v) is 7.02. The third-order valence-electron chi connectivity index (χ3n) is 7.74. The van der Waals surface area contributed by atoms with Crippen LogP contribution in [0.15, 0.2) is 9.98 Å². The Bertz CT molecular complexity index is 930. The number of rotatable bonds is 5. The molecule has 0 aromatic rings. The van der Waals surface area contributed by atoms with Crippen LogP contribution in [0.3, 0.4) is 0 Å². The Hall–Kier alpha value is -1.16. The van der Waals surface area contributed by atoms with E-state index in [9.17, 15) is 15.3 Å². The summed E-state index contributed by atoms with van der Waals surface area (Å²) in [4.78, 5) is 13.9. The van der Waals surface area contributed by atoms with Crippen LogP contribution in [0, 0.1) is 10.8 Å². The van der Waals surface area contributed by atoms with Gasteiger partial charge in [0.05, 0.1) is 12.9 Å². The van der Waals surface area contributed by atoms with Gasteiger partial charge >= 0.3 is 0 Å². The Morgan fingerprint density at radius 1 is 1.11 bits per heavy atom. The maximum absolute atomic E-state index is 11.5. The summed E-state index contributed by atoms with van der Waals surface area (Å²) in [7, 11) is -1.92. The molecule has 3 heterocycles. The molecule has 1 fully saturated rings. The van der Waals surface area contributed by atoms with Crippen LogP contribution in [0.2, 0.25) is 13.1 Å². The molecule has 7 atom stereocenters. The Labute approximate surface area is 222 Å². The van der Waals surface area contributed by atoms with Crippen LogP contribution in [-0.4, -0.2) is 100 Å².